The van der Waals surface area contributed by atoms with E-state index in [0.29, 0.717) is 26.3 Å². The first-order chi connectivity index (χ1) is 13.8. The highest BCUT2D eigenvalue weighted by atomic mass is 35.5. The minimum absolute atomic E-state index is 0.0292. The molecule has 3 rings (SSSR count). The van der Waals surface area contributed by atoms with E-state index in [1.54, 1.807) is 13.2 Å². The highest BCUT2D eigenvalue weighted by Crippen LogP contribution is 2.19. The Hall–Kier alpha value is -2.09. The van der Waals surface area contributed by atoms with Crippen molar-refractivity contribution in [3.05, 3.63) is 53.3 Å². The molecule has 0 radical (unpaired) electrons. The molecule has 1 aromatic heterocycles. The van der Waals surface area contributed by atoms with Gasteiger partial charge in [0.2, 0.25) is 0 Å². The van der Waals surface area contributed by atoms with Crippen molar-refractivity contribution in [3.63, 3.8) is 0 Å². The molecule has 0 spiro atoms. The van der Waals surface area contributed by atoms with Gasteiger partial charge < -0.3 is 20.1 Å². The Morgan fingerprint density at radius 3 is 2.93 bits per heavy atom. The summed E-state index contributed by atoms with van der Waals surface area (Å²) in [5.74, 6) is 0.729. The number of ether oxygens (including phenoxy) is 2. The molecule has 0 bridgehead atoms. The van der Waals surface area contributed by atoms with Crippen molar-refractivity contribution >= 4 is 17.6 Å². The molecule has 1 saturated heterocycles. The Kier molecular flexibility index (Phi) is 8.14. The van der Waals surface area contributed by atoms with Crippen molar-refractivity contribution in [1.82, 2.24) is 20.4 Å². The highest BCUT2D eigenvalue weighted by molar-refractivity contribution is 6.30. The van der Waals surface area contributed by atoms with Gasteiger partial charge in [-0.15, -0.1) is 0 Å². The van der Waals surface area contributed by atoms with Gasteiger partial charge in [-0.2, -0.15) is 5.10 Å². The fourth-order valence-corrected chi connectivity index (χ4v) is 3.29. The minimum atomic E-state index is 0.0292. The summed E-state index contributed by atoms with van der Waals surface area (Å²) in [6, 6.07) is 9.78. The topological polar surface area (TPSA) is 72.7 Å². The second-order valence-corrected chi connectivity index (χ2v) is 7.08. The number of hydrogen-bond donors (Lipinski definition) is 2. The smallest absolute Gasteiger partial charge is 0.191 e. The summed E-state index contributed by atoms with van der Waals surface area (Å²) in [5.41, 5.74) is 1.12. The Balaban J connectivity index is 1.46. The average molecular weight is 406 g/mol. The number of nitrogens with one attached hydrogen (secondary N) is 2. The van der Waals surface area contributed by atoms with Gasteiger partial charge in [-0.05, 0) is 36.6 Å². The van der Waals surface area contributed by atoms with Crippen LogP contribution in [0.1, 0.15) is 24.4 Å². The number of nitrogens with zero attached hydrogens (tertiary/aromatic N) is 3. The molecule has 2 atom stereocenters. The molecular weight excluding hydrogens is 378 g/mol. The zero-order valence-corrected chi connectivity index (χ0v) is 16.9. The van der Waals surface area contributed by atoms with Gasteiger partial charge in [-0.1, -0.05) is 23.7 Å². The molecule has 1 fully saturated rings. The molecule has 1 aliphatic heterocycles. The van der Waals surface area contributed by atoms with Gasteiger partial charge in [-0.3, -0.25) is 9.67 Å². The van der Waals surface area contributed by atoms with Crippen LogP contribution in [0.4, 0.5) is 0 Å². The van der Waals surface area contributed by atoms with E-state index in [-0.39, 0.29) is 12.1 Å². The van der Waals surface area contributed by atoms with Crippen LogP contribution in [-0.2, 0) is 9.47 Å². The van der Waals surface area contributed by atoms with Crippen LogP contribution in [0.25, 0.3) is 0 Å². The number of halogens is 1. The summed E-state index contributed by atoms with van der Waals surface area (Å²) in [6.45, 7) is 3.44. The maximum absolute atomic E-state index is 6.03. The second kappa shape index (κ2) is 11.0. The zero-order chi connectivity index (χ0) is 19.6. The van der Waals surface area contributed by atoms with Crippen molar-refractivity contribution < 1.29 is 9.47 Å². The lowest BCUT2D eigenvalue weighted by molar-refractivity contribution is 0.0191. The molecule has 0 aliphatic carbocycles. The van der Waals surface area contributed by atoms with Gasteiger partial charge in [0.25, 0.3) is 0 Å². The molecule has 2 aromatic rings. The second-order valence-electron chi connectivity index (χ2n) is 6.64. The molecule has 7 nitrogen and oxygen atoms in total. The van der Waals surface area contributed by atoms with Crippen LogP contribution in [0.5, 0.6) is 0 Å². The van der Waals surface area contributed by atoms with Crippen molar-refractivity contribution in [2.45, 2.75) is 25.0 Å². The predicted molar refractivity (Wildman–Crippen MR) is 111 cm³/mol. The van der Waals surface area contributed by atoms with Gasteiger partial charge in [0, 0.05) is 44.2 Å². The first-order valence-corrected chi connectivity index (χ1v) is 10.0. The number of aliphatic imine (C=N–C) groups is 1. The quantitative estimate of drug-likeness (QED) is 0.381. The monoisotopic (exact) mass is 405 g/mol. The van der Waals surface area contributed by atoms with E-state index in [0.717, 1.165) is 36.0 Å². The molecular formula is C20H28ClN5O2. The van der Waals surface area contributed by atoms with Crippen LogP contribution in [0.3, 0.4) is 0 Å². The Morgan fingerprint density at radius 1 is 1.39 bits per heavy atom. The maximum Gasteiger partial charge on any atom is 0.191 e. The van der Waals surface area contributed by atoms with E-state index in [2.05, 4.69) is 20.7 Å². The lowest BCUT2D eigenvalue weighted by Gasteiger charge is -2.21. The maximum atomic E-state index is 6.03. The van der Waals surface area contributed by atoms with Gasteiger partial charge in [-0.25, -0.2) is 0 Å². The molecule has 2 N–H and O–H groups in total. The standard InChI is InChI=1S/C20H28ClN5O2/c1-22-20(23-10-13-27-15-18-4-2-12-28-18)24-14-19(26-11-3-9-25-26)16-5-7-17(21)8-6-16/h3,5-9,11,18-19H,2,4,10,12-15H2,1H3,(H2,22,23,24). The van der Waals surface area contributed by atoms with Gasteiger partial charge >= 0.3 is 0 Å². The number of benzene rings is 1. The predicted octanol–water partition coefficient (Wildman–Crippen LogP) is 2.49. The van der Waals surface area contributed by atoms with E-state index >= 15 is 0 Å². The van der Waals surface area contributed by atoms with Gasteiger partial charge in [0.1, 0.15) is 0 Å². The molecule has 8 heteroatoms. The SMILES string of the molecule is CN=C(NCCOCC1CCCO1)NCC(c1ccc(Cl)cc1)n1cccn1. The third-order valence-corrected chi connectivity index (χ3v) is 4.90. The third kappa shape index (κ3) is 6.22. The molecule has 1 aliphatic rings. The number of guanidine groups is 1. The summed E-state index contributed by atoms with van der Waals surface area (Å²) in [4.78, 5) is 4.29. The Labute approximate surface area is 171 Å². The van der Waals surface area contributed by atoms with E-state index in [4.69, 9.17) is 21.1 Å². The first kappa shape index (κ1) is 20.6. The summed E-state index contributed by atoms with van der Waals surface area (Å²) < 4.78 is 13.2. The number of hydrogen-bond acceptors (Lipinski definition) is 4. The van der Waals surface area contributed by atoms with Gasteiger partial charge in [0.15, 0.2) is 5.96 Å². The van der Waals surface area contributed by atoms with Gasteiger partial charge in [0.05, 0.1) is 25.4 Å². The van der Waals surface area contributed by atoms with Crippen LogP contribution in [0.2, 0.25) is 5.02 Å². The van der Waals surface area contributed by atoms with E-state index < -0.39 is 0 Å². The lowest BCUT2D eigenvalue weighted by Crippen LogP contribution is -2.41. The minimum Gasteiger partial charge on any atom is -0.377 e. The summed E-state index contributed by atoms with van der Waals surface area (Å²) in [6.07, 6.45) is 6.22. The van der Waals surface area contributed by atoms with Crippen molar-refractivity contribution in [3.8, 4) is 0 Å². The first-order valence-electron chi connectivity index (χ1n) is 9.64. The molecule has 0 amide bonds. The summed E-state index contributed by atoms with van der Waals surface area (Å²) >= 11 is 6.03. The molecule has 0 saturated carbocycles. The molecule has 2 unspecified atom stereocenters. The average Bonchev–Trinajstić information content (AvgIpc) is 3.42. The summed E-state index contributed by atoms with van der Waals surface area (Å²) in [7, 11) is 1.76. The summed E-state index contributed by atoms with van der Waals surface area (Å²) in [5, 5.41) is 11.8. The third-order valence-electron chi connectivity index (χ3n) is 4.65. The zero-order valence-electron chi connectivity index (χ0n) is 16.2. The largest absolute Gasteiger partial charge is 0.377 e. The fourth-order valence-electron chi connectivity index (χ4n) is 3.16. The number of rotatable bonds is 9. The molecule has 1 aromatic carbocycles. The Morgan fingerprint density at radius 2 is 2.25 bits per heavy atom. The van der Waals surface area contributed by atoms with Crippen LogP contribution in [-0.4, -0.2) is 61.8 Å². The van der Waals surface area contributed by atoms with Crippen LogP contribution in [0, 0.1) is 0 Å². The Bertz CT molecular complexity index is 715. The highest BCUT2D eigenvalue weighted by Gasteiger charge is 2.16. The fraction of sp³-hybridized carbons (Fsp3) is 0.500. The van der Waals surface area contributed by atoms with Crippen LogP contribution >= 0.6 is 11.6 Å². The van der Waals surface area contributed by atoms with E-state index in [1.165, 1.54) is 0 Å². The lowest BCUT2D eigenvalue weighted by atomic mass is 10.1. The van der Waals surface area contributed by atoms with Crippen LogP contribution < -0.4 is 10.6 Å². The van der Waals surface area contributed by atoms with E-state index in [1.807, 2.05) is 41.2 Å². The normalized spacial score (nSPS) is 18.2. The molecule has 152 valence electrons. The van der Waals surface area contributed by atoms with E-state index in [9.17, 15) is 0 Å². The van der Waals surface area contributed by atoms with Crippen molar-refractivity contribution in [2.24, 2.45) is 4.99 Å². The van der Waals surface area contributed by atoms with Crippen molar-refractivity contribution in [1.29, 1.82) is 0 Å². The molecule has 28 heavy (non-hydrogen) atoms. The number of aromatic nitrogens is 2. The van der Waals surface area contributed by atoms with Crippen LogP contribution in [0.15, 0.2) is 47.7 Å². The molecule has 2 heterocycles. The van der Waals surface area contributed by atoms with Crippen molar-refractivity contribution in [2.75, 3.05) is 40.0 Å².